The minimum Gasteiger partial charge on any atom is -0.389 e. The molecule has 14 heavy (non-hydrogen) atoms. The molecule has 1 atom stereocenters. The zero-order valence-electron chi connectivity index (χ0n) is 9.17. The second-order valence-electron chi connectivity index (χ2n) is 4.12. The van der Waals surface area contributed by atoms with Crippen molar-refractivity contribution in [3.8, 4) is 0 Å². The summed E-state index contributed by atoms with van der Waals surface area (Å²) < 4.78 is 5.13. The summed E-state index contributed by atoms with van der Waals surface area (Å²) in [5, 5.41) is 12.8. The van der Waals surface area contributed by atoms with E-state index in [9.17, 15) is 5.11 Å². The fraction of sp³-hybridized carbons (Fsp3) is 1.00. The van der Waals surface area contributed by atoms with E-state index in [1.165, 1.54) is 25.7 Å². The molecule has 1 aliphatic carbocycles. The smallest absolute Gasteiger partial charge is 0.0897 e. The van der Waals surface area contributed by atoms with E-state index in [1.54, 1.807) is 0 Å². The standard InChI is InChI=1S/C11H23NO2/c1-2-14-9-11(13)8-12-7-10-5-3-4-6-10/h10-13H,2-9H2,1H3. The van der Waals surface area contributed by atoms with E-state index in [-0.39, 0.29) is 6.10 Å². The number of aliphatic hydroxyl groups is 1. The molecule has 0 aliphatic heterocycles. The van der Waals surface area contributed by atoms with E-state index in [2.05, 4.69) is 5.32 Å². The van der Waals surface area contributed by atoms with Gasteiger partial charge in [0, 0.05) is 13.2 Å². The van der Waals surface area contributed by atoms with Gasteiger partial charge in [0.1, 0.15) is 0 Å². The van der Waals surface area contributed by atoms with Gasteiger partial charge in [0.2, 0.25) is 0 Å². The third-order valence-corrected chi connectivity index (χ3v) is 2.80. The van der Waals surface area contributed by atoms with Crippen molar-refractivity contribution >= 4 is 0 Å². The first-order chi connectivity index (χ1) is 6.83. The van der Waals surface area contributed by atoms with Crippen LogP contribution in [0.2, 0.25) is 0 Å². The Morgan fingerprint density at radius 1 is 1.43 bits per heavy atom. The van der Waals surface area contributed by atoms with E-state index < -0.39 is 0 Å². The average Bonchev–Trinajstić information content (AvgIpc) is 2.67. The molecule has 0 heterocycles. The fourth-order valence-corrected chi connectivity index (χ4v) is 1.98. The van der Waals surface area contributed by atoms with Crippen LogP contribution >= 0.6 is 0 Å². The number of hydrogen-bond donors (Lipinski definition) is 2. The van der Waals surface area contributed by atoms with Gasteiger partial charge in [-0.3, -0.25) is 0 Å². The van der Waals surface area contributed by atoms with Gasteiger partial charge in [-0.2, -0.15) is 0 Å². The molecule has 2 N–H and O–H groups in total. The van der Waals surface area contributed by atoms with Crippen LogP contribution in [0.5, 0.6) is 0 Å². The van der Waals surface area contributed by atoms with E-state index >= 15 is 0 Å². The lowest BCUT2D eigenvalue weighted by Gasteiger charge is -2.14. The largest absolute Gasteiger partial charge is 0.389 e. The highest BCUT2D eigenvalue weighted by molar-refractivity contribution is 4.70. The van der Waals surface area contributed by atoms with Gasteiger partial charge in [-0.25, -0.2) is 0 Å². The molecule has 1 saturated carbocycles. The minimum absolute atomic E-state index is 0.351. The summed E-state index contributed by atoms with van der Waals surface area (Å²) in [5.41, 5.74) is 0. The summed E-state index contributed by atoms with van der Waals surface area (Å²) in [7, 11) is 0. The van der Waals surface area contributed by atoms with Crippen LogP contribution in [0, 0.1) is 5.92 Å². The second kappa shape index (κ2) is 7.21. The molecule has 84 valence electrons. The highest BCUT2D eigenvalue weighted by Crippen LogP contribution is 2.23. The van der Waals surface area contributed by atoms with Gasteiger partial charge in [0.05, 0.1) is 12.7 Å². The summed E-state index contributed by atoms with van der Waals surface area (Å²) in [5.74, 6) is 0.842. The Kier molecular flexibility index (Phi) is 6.15. The highest BCUT2D eigenvalue weighted by Gasteiger charge is 2.14. The number of nitrogens with one attached hydrogen (secondary N) is 1. The van der Waals surface area contributed by atoms with Gasteiger partial charge in [-0.15, -0.1) is 0 Å². The lowest BCUT2D eigenvalue weighted by Crippen LogP contribution is -2.33. The van der Waals surface area contributed by atoms with Crippen LogP contribution in [0.1, 0.15) is 32.6 Å². The molecule has 1 fully saturated rings. The monoisotopic (exact) mass is 201 g/mol. The normalized spacial score (nSPS) is 20.1. The SMILES string of the molecule is CCOCC(O)CNCC1CCCC1. The number of ether oxygens (including phenoxy) is 1. The van der Waals surface area contributed by atoms with Crippen molar-refractivity contribution in [2.45, 2.75) is 38.7 Å². The third kappa shape index (κ3) is 4.94. The minimum atomic E-state index is -0.351. The Hall–Kier alpha value is -0.120. The fourth-order valence-electron chi connectivity index (χ4n) is 1.98. The Balaban J connectivity index is 1.91. The predicted octanol–water partition coefficient (Wildman–Crippen LogP) is 1.16. The van der Waals surface area contributed by atoms with Crippen molar-refractivity contribution in [1.82, 2.24) is 5.32 Å². The lowest BCUT2D eigenvalue weighted by molar-refractivity contribution is 0.0425. The van der Waals surface area contributed by atoms with Crippen molar-refractivity contribution in [3.05, 3.63) is 0 Å². The molecule has 3 nitrogen and oxygen atoms in total. The van der Waals surface area contributed by atoms with Crippen LogP contribution < -0.4 is 5.32 Å². The Labute approximate surface area is 86.8 Å². The summed E-state index contributed by atoms with van der Waals surface area (Å²) >= 11 is 0. The molecule has 0 aromatic carbocycles. The Morgan fingerprint density at radius 2 is 2.14 bits per heavy atom. The topological polar surface area (TPSA) is 41.5 Å². The molecule has 0 saturated heterocycles. The summed E-state index contributed by atoms with van der Waals surface area (Å²) in [6.45, 7) is 4.80. The molecule has 0 spiro atoms. The van der Waals surface area contributed by atoms with Crippen molar-refractivity contribution in [2.75, 3.05) is 26.3 Å². The second-order valence-corrected chi connectivity index (χ2v) is 4.12. The van der Waals surface area contributed by atoms with Gasteiger partial charge in [-0.1, -0.05) is 12.8 Å². The van der Waals surface area contributed by atoms with Crippen molar-refractivity contribution < 1.29 is 9.84 Å². The van der Waals surface area contributed by atoms with Gasteiger partial charge in [-0.05, 0) is 32.2 Å². The maximum atomic E-state index is 9.47. The molecular formula is C11H23NO2. The highest BCUT2D eigenvalue weighted by atomic mass is 16.5. The molecule has 0 aromatic rings. The summed E-state index contributed by atoms with van der Waals surface area (Å²) in [4.78, 5) is 0. The molecule has 0 radical (unpaired) electrons. The molecule has 3 heteroatoms. The van der Waals surface area contributed by atoms with E-state index in [0.29, 0.717) is 19.8 Å². The van der Waals surface area contributed by atoms with E-state index in [4.69, 9.17) is 4.74 Å². The van der Waals surface area contributed by atoms with Gasteiger partial charge in [0.15, 0.2) is 0 Å². The van der Waals surface area contributed by atoms with Gasteiger partial charge >= 0.3 is 0 Å². The lowest BCUT2D eigenvalue weighted by atomic mass is 10.1. The maximum absolute atomic E-state index is 9.47. The van der Waals surface area contributed by atoms with Crippen LogP contribution in [0.25, 0.3) is 0 Å². The molecule has 0 aromatic heterocycles. The van der Waals surface area contributed by atoms with Crippen LogP contribution in [-0.4, -0.2) is 37.5 Å². The Morgan fingerprint density at radius 3 is 2.79 bits per heavy atom. The molecule has 1 rings (SSSR count). The van der Waals surface area contributed by atoms with E-state index in [1.807, 2.05) is 6.92 Å². The molecule has 0 amide bonds. The number of aliphatic hydroxyl groups excluding tert-OH is 1. The average molecular weight is 201 g/mol. The summed E-state index contributed by atoms with van der Waals surface area (Å²) in [6.07, 6.45) is 5.13. The zero-order chi connectivity index (χ0) is 10.2. The van der Waals surface area contributed by atoms with Crippen LogP contribution in [0.15, 0.2) is 0 Å². The van der Waals surface area contributed by atoms with Crippen molar-refractivity contribution in [3.63, 3.8) is 0 Å². The maximum Gasteiger partial charge on any atom is 0.0897 e. The zero-order valence-corrected chi connectivity index (χ0v) is 9.17. The quantitative estimate of drug-likeness (QED) is 0.649. The van der Waals surface area contributed by atoms with Crippen LogP contribution in [0.4, 0.5) is 0 Å². The van der Waals surface area contributed by atoms with Crippen LogP contribution in [-0.2, 0) is 4.74 Å². The van der Waals surface area contributed by atoms with E-state index in [0.717, 1.165) is 12.5 Å². The first-order valence-electron chi connectivity index (χ1n) is 5.79. The number of hydrogen-bond acceptors (Lipinski definition) is 3. The third-order valence-electron chi connectivity index (χ3n) is 2.80. The number of rotatable bonds is 7. The van der Waals surface area contributed by atoms with Crippen molar-refractivity contribution in [1.29, 1.82) is 0 Å². The molecule has 1 aliphatic rings. The molecule has 0 bridgehead atoms. The predicted molar refractivity (Wildman–Crippen MR) is 57.3 cm³/mol. The first kappa shape index (κ1) is 12.0. The Bertz CT molecular complexity index is 135. The molecule has 1 unspecified atom stereocenters. The summed E-state index contributed by atoms with van der Waals surface area (Å²) in [6, 6.07) is 0. The van der Waals surface area contributed by atoms with Crippen LogP contribution in [0.3, 0.4) is 0 Å². The van der Waals surface area contributed by atoms with Gasteiger partial charge in [0.25, 0.3) is 0 Å². The molecular weight excluding hydrogens is 178 g/mol. The van der Waals surface area contributed by atoms with Crippen molar-refractivity contribution in [2.24, 2.45) is 5.92 Å². The first-order valence-corrected chi connectivity index (χ1v) is 5.79. The van der Waals surface area contributed by atoms with Gasteiger partial charge < -0.3 is 15.2 Å².